The molecule has 2 rings (SSSR count). The molecule has 0 aromatic heterocycles. The van der Waals surface area contributed by atoms with Crippen molar-refractivity contribution in [3.8, 4) is 11.5 Å². The fourth-order valence-electron chi connectivity index (χ4n) is 1.78. The molecule has 1 N–H and O–H groups in total. The van der Waals surface area contributed by atoms with Crippen molar-refractivity contribution in [3.05, 3.63) is 52.0 Å². The van der Waals surface area contributed by atoms with Gasteiger partial charge in [0.1, 0.15) is 17.1 Å². The summed E-state index contributed by atoms with van der Waals surface area (Å²) in [4.78, 5) is 12.1. The second-order valence-corrected chi connectivity index (χ2v) is 5.91. The smallest absolute Gasteiger partial charge is 0.340 e. The molecule has 0 spiro atoms. The van der Waals surface area contributed by atoms with E-state index < -0.39 is 5.97 Å². The third kappa shape index (κ3) is 3.16. The highest BCUT2D eigenvalue weighted by molar-refractivity contribution is 9.10. The predicted octanol–water partition coefficient (Wildman–Crippen LogP) is 4.97. The molecule has 2 aromatic carbocycles. The molecular formula is C15H13BrO3S. The maximum Gasteiger partial charge on any atom is 0.340 e. The maximum atomic E-state index is 11.4. The summed E-state index contributed by atoms with van der Waals surface area (Å²) in [7, 11) is 0. The van der Waals surface area contributed by atoms with Crippen molar-refractivity contribution in [1.82, 2.24) is 0 Å². The second kappa shape index (κ2) is 6.33. The van der Waals surface area contributed by atoms with Gasteiger partial charge in [0.25, 0.3) is 0 Å². The van der Waals surface area contributed by atoms with Crippen molar-refractivity contribution in [3.63, 3.8) is 0 Å². The summed E-state index contributed by atoms with van der Waals surface area (Å²) in [6.45, 7) is 1.92. The van der Waals surface area contributed by atoms with E-state index in [1.165, 1.54) is 11.8 Å². The van der Waals surface area contributed by atoms with Gasteiger partial charge < -0.3 is 9.84 Å². The highest BCUT2D eigenvalue weighted by atomic mass is 79.9. The summed E-state index contributed by atoms with van der Waals surface area (Å²) in [6, 6.07) is 10.9. The van der Waals surface area contributed by atoms with E-state index in [2.05, 4.69) is 15.9 Å². The number of rotatable bonds is 4. The predicted molar refractivity (Wildman–Crippen MR) is 84.1 cm³/mol. The molecule has 0 saturated heterocycles. The van der Waals surface area contributed by atoms with Crippen LogP contribution >= 0.6 is 27.7 Å². The Bertz CT molecular complexity index is 656. The van der Waals surface area contributed by atoms with E-state index in [0.29, 0.717) is 16.4 Å². The number of benzene rings is 2. The second-order valence-electron chi connectivity index (χ2n) is 4.15. The number of halogens is 1. The summed E-state index contributed by atoms with van der Waals surface area (Å²) in [5.41, 5.74) is 1.14. The van der Waals surface area contributed by atoms with Crippen molar-refractivity contribution in [2.75, 3.05) is 6.26 Å². The minimum atomic E-state index is -0.988. The van der Waals surface area contributed by atoms with Crippen molar-refractivity contribution in [2.24, 2.45) is 0 Å². The molecule has 0 heterocycles. The molecule has 104 valence electrons. The number of carbonyl (C=O) groups is 1. The van der Waals surface area contributed by atoms with E-state index >= 15 is 0 Å². The van der Waals surface area contributed by atoms with Crippen LogP contribution in [0.2, 0.25) is 0 Å². The number of hydrogen-bond acceptors (Lipinski definition) is 3. The van der Waals surface area contributed by atoms with Crippen LogP contribution in [0.15, 0.2) is 45.8 Å². The first-order valence-electron chi connectivity index (χ1n) is 5.87. The Morgan fingerprint density at radius 3 is 2.65 bits per heavy atom. The van der Waals surface area contributed by atoms with Crippen molar-refractivity contribution >= 4 is 33.7 Å². The van der Waals surface area contributed by atoms with Gasteiger partial charge in [-0.2, -0.15) is 0 Å². The molecule has 0 aliphatic rings. The number of carboxylic acid groups (broad SMARTS) is 1. The first-order valence-corrected chi connectivity index (χ1v) is 7.89. The summed E-state index contributed by atoms with van der Waals surface area (Å²) >= 11 is 4.77. The molecule has 2 aromatic rings. The average molecular weight is 353 g/mol. The molecule has 0 aliphatic heterocycles. The first-order chi connectivity index (χ1) is 9.52. The summed E-state index contributed by atoms with van der Waals surface area (Å²) < 4.78 is 6.69. The Balaban J connectivity index is 2.48. The number of thioether (sulfide) groups is 1. The van der Waals surface area contributed by atoms with Crippen LogP contribution in [-0.2, 0) is 0 Å². The molecular weight excluding hydrogens is 340 g/mol. The zero-order chi connectivity index (χ0) is 14.7. The molecule has 0 amide bonds. The number of aromatic carboxylic acids is 1. The molecule has 5 heteroatoms. The lowest BCUT2D eigenvalue weighted by atomic mass is 10.2. The van der Waals surface area contributed by atoms with Crippen LogP contribution in [0.4, 0.5) is 0 Å². The van der Waals surface area contributed by atoms with Gasteiger partial charge in [0, 0.05) is 9.37 Å². The Morgan fingerprint density at radius 1 is 1.25 bits per heavy atom. The molecule has 3 nitrogen and oxygen atoms in total. The Labute approximate surface area is 130 Å². The van der Waals surface area contributed by atoms with Gasteiger partial charge in [-0.1, -0.05) is 28.1 Å². The summed E-state index contributed by atoms with van der Waals surface area (Å²) in [5.74, 6) is 0.00304. The van der Waals surface area contributed by atoms with E-state index in [9.17, 15) is 9.90 Å². The lowest BCUT2D eigenvalue weighted by Crippen LogP contribution is -2.02. The third-order valence-electron chi connectivity index (χ3n) is 2.79. The molecule has 0 bridgehead atoms. The lowest BCUT2D eigenvalue weighted by Gasteiger charge is -2.13. The van der Waals surface area contributed by atoms with E-state index in [1.54, 1.807) is 18.2 Å². The maximum absolute atomic E-state index is 11.4. The van der Waals surface area contributed by atoms with E-state index in [-0.39, 0.29) is 5.56 Å². The molecule has 20 heavy (non-hydrogen) atoms. The zero-order valence-electron chi connectivity index (χ0n) is 11.0. The van der Waals surface area contributed by atoms with Crippen molar-refractivity contribution < 1.29 is 14.6 Å². The first kappa shape index (κ1) is 14.9. The van der Waals surface area contributed by atoms with Gasteiger partial charge in [-0.15, -0.1) is 11.8 Å². The van der Waals surface area contributed by atoms with Crippen molar-refractivity contribution in [1.29, 1.82) is 0 Å². The SMILES string of the molecule is CSc1cccc(Oc2cc(Br)ccc2C)c1C(=O)O. The molecule has 0 radical (unpaired) electrons. The van der Waals surface area contributed by atoms with Gasteiger partial charge in [0.15, 0.2) is 0 Å². The summed E-state index contributed by atoms with van der Waals surface area (Å²) in [6.07, 6.45) is 1.84. The van der Waals surface area contributed by atoms with Crippen LogP contribution in [0, 0.1) is 6.92 Å². The average Bonchev–Trinajstić information content (AvgIpc) is 2.42. The number of hydrogen-bond donors (Lipinski definition) is 1. The third-order valence-corrected chi connectivity index (χ3v) is 4.07. The van der Waals surface area contributed by atoms with Gasteiger partial charge in [0.2, 0.25) is 0 Å². The molecule has 0 atom stereocenters. The Morgan fingerprint density at radius 2 is 2.00 bits per heavy atom. The number of ether oxygens (including phenoxy) is 1. The quantitative estimate of drug-likeness (QED) is 0.789. The highest BCUT2D eigenvalue weighted by Gasteiger charge is 2.17. The van der Waals surface area contributed by atoms with Gasteiger partial charge in [-0.05, 0) is 43.0 Å². The van der Waals surface area contributed by atoms with Gasteiger partial charge >= 0.3 is 5.97 Å². The fourth-order valence-corrected chi connectivity index (χ4v) is 2.73. The fraction of sp³-hybridized carbons (Fsp3) is 0.133. The largest absolute Gasteiger partial charge is 0.478 e. The normalized spacial score (nSPS) is 10.3. The van der Waals surface area contributed by atoms with Crippen molar-refractivity contribution in [2.45, 2.75) is 11.8 Å². The Kier molecular flexibility index (Phi) is 4.73. The van der Waals surface area contributed by atoms with E-state index in [4.69, 9.17) is 4.74 Å². The lowest BCUT2D eigenvalue weighted by molar-refractivity contribution is 0.0690. The number of carboxylic acids is 1. The number of aryl methyl sites for hydroxylation is 1. The molecule has 0 saturated carbocycles. The minimum Gasteiger partial charge on any atom is -0.478 e. The van der Waals surface area contributed by atoms with Crippen LogP contribution in [0.3, 0.4) is 0 Å². The topological polar surface area (TPSA) is 46.5 Å². The minimum absolute atomic E-state index is 0.194. The van der Waals surface area contributed by atoms with Gasteiger partial charge in [-0.25, -0.2) is 4.79 Å². The van der Waals surface area contributed by atoms with E-state index in [0.717, 1.165) is 10.0 Å². The Hall–Kier alpha value is -1.46. The van der Waals surface area contributed by atoms with Gasteiger partial charge in [-0.3, -0.25) is 0 Å². The van der Waals surface area contributed by atoms with E-state index in [1.807, 2.05) is 31.4 Å². The molecule has 0 fully saturated rings. The molecule has 0 aliphatic carbocycles. The molecule has 0 unspecified atom stereocenters. The van der Waals surface area contributed by atoms with Crippen LogP contribution in [0.25, 0.3) is 0 Å². The van der Waals surface area contributed by atoms with Crippen LogP contribution in [0.1, 0.15) is 15.9 Å². The standard InChI is InChI=1S/C15H13BrO3S/c1-9-6-7-10(16)8-12(9)19-11-4-3-5-13(20-2)14(11)15(17)18/h3-8H,1-2H3,(H,17,18). The van der Waals surface area contributed by atoms with Crippen LogP contribution in [0.5, 0.6) is 11.5 Å². The van der Waals surface area contributed by atoms with Crippen LogP contribution in [-0.4, -0.2) is 17.3 Å². The monoisotopic (exact) mass is 352 g/mol. The van der Waals surface area contributed by atoms with Gasteiger partial charge in [0.05, 0.1) is 0 Å². The van der Waals surface area contributed by atoms with Crippen LogP contribution < -0.4 is 4.74 Å². The highest BCUT2D eigenvalue weighted by Crippen LogP contribution is 2.34. The zero-order valence-corrected chi connectivity index (χ0v) is 13.4. The summed E-state index contributed by atoms with van der Waals surface area (Å²) in [5, 5.41) is 9.38.